The fraction of sp³-hybridized carbons (Fsp3) is 0.375. The average molecular weight is 582 g/mol. The molecule has 0 bridgehead atoms. The highest BCUT2D eigenvalue weighted by molar-refractivity contribution is 7.92. The van der Waals surface area contributed by atoms with Crippen molar-refractivity contribution >= 4 is 27.5 Å². The summed E-state index contributed by atoms with van der Waals surface area (Å²) in [7, 11) is -3.60. The Kier molecular flexibility index (Phi) is 11.5. The van der Waals surface area contributed by atoms with Crippen LogP contribution in [-0.4, -0.2) is 50.5 Å². The zero-order valence-corrected chi connectivity index (χ0v) is 25.1. The number of rotatable bonds is 14. The summed E-state index contributed by atoms with van der Waals surface area (Å²) in [6.45, 7) is 6.41. The lowest BCUT2D eigenvalue weighted by Gasteiger charge is -2.32. The zero-order chi connectivity index (χ0) is 30.0. The Labute approximate surface area is 243 Å². The van der Waals surface area contributed by atoms with Crippen LogP contribution in [0.25, 0.3) is 0 Å². The van der Waals surface area contributed by atoms with Gasteiger partial charge in [-0.2, -0.15) is 0 Å². The summed E-state index contributed by atoms with van der Waals surface area (Å²) in [6.07, 6.45) is 2.50. The van der Waals surface area contributed by atoms with Gasteiger partial charge in [0.15, 0.2) is 0 Å². The molecule has 3 aromatic rings. The highest BCUT2D eigenvalue weighted by atomic mass is 32.2. The van der Waals surface area contributed by atoms with Crippen molar-refractivity contribution in [1.82, 2.24) is 10.2 Å². The molecule has 0 aliphatic carbocycles. The first-order chi connectivity index (χ1) is 19.5. The van der Waals surface area contributed by atoms with Crippen LogP contribution >= 0.6 is 0 Å². The van der Waals surface area contributed by atoms with E-state index in [0.717, 1.165) is 29.4 Å². The van der Waals surface area contributed by atoms with Gasteiger partial charge in [0.25, 0.3) is 0 Å². The molecule has 7 nitrogen and oxygen atoms in total. The van der Waals surface area contributed by atoms with Crippen molar-refractivity contribution in [3.05, 3.63) is 101 Å². The SMILES string of the molecule is CCCNC(=O)[C@@H](Cc1ccccc1)N(Cc1ccc(F)cc1)C(=O)CCCN(c1cc(C)ccc1C)S(C)(=O)=O. The third-order valence-electron chi connectivity index (χ3n) is 6.87. The minimum absolute atomic E-state index is 0.0322. The Bertz CT molecular complexity index is 1410. The van der Waals surface area contributed by atoms with Crippen molar-refractivity contribution < 1.29 is 22.4 Å². The molecule has 0 spiro atoms. The summed E-state index contributed by atoms with van der Waals surface area (Å²) in [5.74, 6) is -0.934. The third-order valence-corrected chi connectivity index (χ3v) is 8.05. The maximum absolute atomic E-state index is 13.8. The Morgan fingerprint density at radius 2 is 1.63 bits per heavy atom. The first-order valence-corrected chi connectivity index (χ1v) is 15.7. The van der Waals surface area contributed by atoms with E-state index >= 15 is 0 Å². The molecular weight excluding hydrogens is 541 g/mol. The lowest BCUT2D eigenvalue weighted by atomic mass is 10.0. The van der Waals surface area contributed by atoms with Crippen LogP contribution in [-0.2, 0) is 32.6 Å². The van der Waals surface area contributed by atoms with Gasteiger partial charge in [-0.15, -0.1) is 0 Å². The number of carbonyl (C=O) groups is 2. The number of sulfonamides is 1. The van der Waals surface area contributed by atoms with Crippen LogP contribution < -0.4 is 9.62 Å². The normalized spacial score (nSPS) is 12.0. The number of carbonyl (C=O) groups excluding carboxylic acids is 2. The molecule has 9 heteroatoms. The minimum atomic E-state index is -3.60. The van der Waals surface area contributed by atoms with Crippen LogP contribution in [0.15, 0.2) is 72.8 Å². The maximum atomic E-state index is 13.8. The van der Waals surface area contributed by atoms with Crippen LogP contribution in [0.2, 0.25) is 0 Å². The average Bonchev–Trinajstić information content (AvgIpc) is 2.94. The second kappa shape index (κ2) is 14.8. The number of hydrogen-bond acceptors (Lipinski definition) is 4. The molecule has 0 aliphatic heterocycles. The van der Waals surface area contributed by atoms with Crippen molar-refractivity contribution in [1.29, 1.82) is 0 Å². The van der Waals surface area contributed by atoms with Gasteiger partial charge in [-0.3, -0.25) is 13.9 Å². The van der Waals surface area contributed by atoms with Crippen molar-refractivity contribution in [3.8, 4) is 0 Å². The molecule has 220 valence electrons. The monoisotopic (exact) mass is 581 g/mol. The van der Waals surface area contributed by atoms with Gasteiger partial charge < -0.3 is 10.2 Å². The summed E-state index contributed by atoms with van der Waals surface area (Å²) in [5, 5.41) is 2.93. The molecule has 41 heavy (non-hydrogen) atoms. The lowest BCUT2D eigenvalue weighted by molar-refractivity contribution is -0.141. The lowest BCUT2D eigenvalue weighted by Crippen LogP contribution is -2.50. The molecule has 0 saturated heterocycles. The molecule has 3 aromatic carbocycles. The predicted octanol–water partition coefficient (Wildman–Crippen LogP) is 5.16. The molecule has 1 atom stereocenters. The van der Waals surface area contributed by atoms with Crippen molar-refractivity contribution in [2.75, 3.05) is 23.7 Å². The van der Waals surface area contributed by atoms with E-state index in [1.54, 1.807) is 12.1 Å². The second-order valence-electron chi connectivity index (χ2n) is 10.4. The van der Waals surface area contributed by atoms with Gasteiger partial charge in [0.2, 0.25) is 21.8 Å². The molecule has 1 N–H and O–H groups in total. The molecule has 0 radical (unpaired) electrons. The number of aryl methyl sites for hydroxylation is 2. The van der Waals surface area contributed by atoms with Crippen LogP contribution in [0.1, 0.15) is 48.4 Å². The first kappa shape index (κ1) is 31.8. The van der Waals surface area contributed by atoms with E-state index in [1.807, 2.05) is 69.3 Å². The first-order valence-electron chi connectivity index (χ1n) is 13.9. The van der Waals surface area contributed by atoms with Crippen molar-refractivity contribution in [2.45, 2.75) is 59.0 Å². The van der Waals surface area contributed by atoms with Gasteiger partial charge in [-0.25, -0.2) is 12.8 Å². The molecule has 0 unspecified atom stereocenters. The smallest absolute Gasteiger partial charge is 0.243 e. The minimum Gasteiger partial charge on any atom is -0.354 e. The Hall–Kier alpha value is -3.72. The number of hydrogen-bond donors (Lipinski definition) is 1. The molecular formula is C32H40FN3O4S. The van der Waals surface area contributed by atoms with Gasteiger partial charge in [-0.05, 0) is 67.1 Å². The van der Waals surface area contributed by atoms with E-state index in [-0.39, 0.29) is 43.6 Å². The van der Waals surface area contributed by atoms with Crippen LogP contribution in [0.4, 0.5) is 10.1 Å². The van der Waals surface area contributed by atoms with Crippen LogP contribution in [0.5, 0.6) is 0 Å². The molecule has 0 aromatic heterocycles. The largest absolute Gasteiger partial charge is 0.354 e. The molecule has 0 fully saturated rings. The fourth-order valence-corrected chi connectivity index (χ4v) is 5.69. The topological polar surface area (TPSA) is 86.8 Å². The van der Waals surface area contributed by atoms with Crippen molar-refractivity contribution in [3.63, 3.8) is 0 Å². The number of benzene rings is 3. The number of anilines is 1. The Morgan fingerprint density at radius 1 is 0.951 bits per heavy atom. The van der Waals surface area contributed by atoms with Crippen LogP contribution in [0.3, 0.4) is 0 Å². The van der Waals surface area contributed by atoms with E-state index < -0.39 is 16.1 Å². The van der Waals surface area contributed by atoms with Crippen LogP contribution in [0, 0.1) is 19.7 Å². The van der Waals surface area contributed by atoms with Gasteiger partial charge in [-0.1, -0.05) is 61.5 Å². The van der Waals surface area contributed by atoms with Gasteiger partial charge >= 0.3 is 0 Å². The standard InChI is InChI=1S/C32H40FN3O4S/c1-5-19-34-32(38)30(22-26-10-7-6-8-11-26)35(23-27-15-17-28(33)18-16-27)31(37)12-9-20-36(41(4,39)40)29-21-24(2)13-14-25(29)3/h6-8,10-11,13-18,21,30H,5,9,12,19-20,22-23H2,1-4H3,(H,34,38)/t30-/m1/s1. The molecule has 2 amide bonds. The van der Waals surface area contributed by atoms with E-state index in [1.165, 1.54) is 21.3 Å². The molecule has 0 saturated carbocycles. The third kappa shape index (κ3) is 9.42. The number of nitrogens with zero attached hydrogens (tertiary/aromatic N) is 2. The molecule has 0 heterocycles. The van der Waals surface area contributed by atoms with E-state index in [4.69, 9.17) is 0 Å². The quantitative estimate of drug-likeness (QED) is 0.285. The van der Waals surface area contributed by atoms with Crippen molar-refractivity contribution in [2.24, 2.45) is 0 Å². The van der Waals surface area contributed by atoms with E-state index in [9.17, 15) is 22.4 Å². The van der Waals surface area contributed by atoms with E-state index in [0.29, 0.717) is 24.2 Å². The molecule has 0 aliphatic rings. The highest BCUT2D eigenvalue weighted by Crippen LogP contribution is 2.25. The molecule has 3 rings (SSSR count). The second-order valence-corrected chi connectivity index (χ2v) is 12.3. The summed E-state index contributed by atoms with van der Waals surface area (Å²) in [4.78, 5) is 28.8. The summed E-state index contributed by atoms with van der Waals surface area (Å²) >= 11 is 0. The number of halogens is 1. The Balaban J connectivity index is 1.88. The van der Waals surface area contributed by atoms with E-state index in [2.05, 4.69) is 5.32 Å². The fourth-order valence-electron chi connectivity index (χ4n) is 4.68. The predicted molar refractivity (Wildman–Crippen MR) is 162 cm³/mol. The number of amides is 2. The maximum Gasteiger partial charge on any atom is 0.243 e. The summed E-state index contributed by atoms with van der Waals surface area (Å²) in [5.41, 5.74) is 3.93. The van der Waals surface area contributed by atoms with Gasteiger partial charge in [0.1, 0.15) is 11.9 Å². The zero-order valence-electron chi connectivity index (χ0n) is 24.3. The number of nitrogens with one attached hydrogen (secondary N) is 1. The summed E-state index contributed by atoms with van der Waals surface area (Å²) in [6, 6.07) is 20.2. The van der Waals surface area contributed by atoms with Gasteiger partial charge in [0.05, 0.1) is 11.9 Å². The summed E-state index contributed by atoms with van der Waals surface area (Å²) < 4.78 is 40.4. The highest BCUT2D eigenvalue weighted by Gasteiger charge is 2.30. The Morgan fingerprint density at radius 3 is 2.27 bits per heavy atom. The van der Waals surface area contributed by atoms with Gasteiger partial charge in [0, 0.05) is 32.5 Å².